The molecule has 0 saturated heterocycles. The number of nitrogens with one attached hydrogen (secondary N) is 1. The second-order valence-electron chi connectivity index (χ2n) is 5.77. The number of hydrogen-bond donors (Lipinski definition) is 2. The Morgan fingerprint density at radius 3 is 2.73 bits per heavy atom. The van der Waals surface area contributed by atoms with Gasteiger partial charge in [-0.05, 0) is 54.6 Å². The average Bonchev–Trinajstić information content (AvgIpc) is 3.07. The lowest BCUT2D eigenvalue weighted by molar-refractivity contribution is 0.0698. The van der Waals surface area contributed by atoms with Gasteiger partial charge in [0.25, 0.3) is 0 Å². The molecule has 0 unspecified atom stereocenters. The summed E-state index contributed by atoms with van der Waals surface area (Å²) in [6, 6.07) is 18.4. The number of anilines is 2. The minimum atomic E-state index is -1.03. The molecule has 0 radical (unpaired) electrons. The third kappa shape index (κ3) is 3.00. The molecule has 0 saturated carbocycles. The predicted octanol–water partition coefficient (Wildman–Crippen LogP) is 5.12. The van der Waals surface area contributed by atoms with Crippen LogP contribution < -0.4 is 5.32 Å². The topological polar surface area (TPSA) is 67.2 Å². The van der Waals surface area contributed by atoms with Crippen molar-refractivity contribution in [3.8, 4) is 5.82 Å². The third-order valence-electron chi connectivity index (χ3n) is 4.08. The molecule has 4 rings (SSSR count). The lowest BCUT2D eigenvalue weighted by Gasteiger charge is -2.11. The first kappa shape index (κ1) is 16.2. The van der Waals surface area contributed by atoms with E-state index in [2.05, 4.69) is 10.3 Å². The van der Waals surface area contributed by atoms with Crippen LogP contribution in [0.15, 0.2) is 73.1 Å². The Labute approximate surface area is 154 Å². The lowest BCUT2D eigenvalue weighted by Crippen LogP contribution is -2.02. The quantitative estimate of drug-likeness (QED) is 0.528. The van der Waals surface area contributed by atoms with Crippen LogP contribution in [0.4, 0.5) is 11.4 Å². The van der Waals surface area contributed by atoms with Crippen LogP contribution in [0.1, 0.15) is 10.4 Å². The highest BCUT2D eigenvalue weighted by atomic mass is 35.5. The highest BCUT2D eigenvalue weighted by molar-refractivity contribution is 6.31. The first-order valence-electron chi connectivity index (χ1n) is 7.94. The molecule has 128 valence electrons. The zero-order valence-corrected chi connectivity index (χ0v) is 14.3. The van der Waals surface area contributed by atoms with Crippen molar-refractivity contribution in [2.24, 2.45) is 0 Å². The Morgan fingerprint density at radius 2 is 1.96 bits per heavy atom. The molecule has 2 aromatic heterocycles. The van der Waals surface area contributed by atoms with E-state index in [1.54, 1.807) is 18.3 Å². The second-order valence-corrected chi connectivity index (χ2v) is 6.20. The van der Waals surface area contributed by atoms with Crippen LogP contribution in [0.3, 0.4) is 0 Å². The molecule has 2 N–H and O–H groups in total. The van der Waals surface area contributed by atoms with Gasteiger partial charge in [0.1, 0.15) is 5.82 Å². The van der Waals surface area contributed by atoms with Crippen LogP contribution in [0.25, 0.3) is 16.7 Å². The molecule has 0 aliphatic carbocycles. The summed E-state index contributed by atoms with van der Waals surface area (Å²) in [7, 11) is 0. The second kappa shape index (κ2) is 6.54. The normalized spacial score (nSPS) is 10.8. The Balaban J connectivity index is 1.71. The van der Waals surface area contributed by atoms with Gasteiger partial charge in [0.15, 0.2) is 0 Å². The van der Waals surface area contributed by atoms with Gasteiger partial charge in [-0.3, -0.25) is 0 Å². The summed E-state index contributed by atoms with van der Waals surface area (Å²) >= 11 is 5.90. The summed E-state index contributed by atoms with van der Waals surface area (Å²) < 4.78 is 2.00. The molecule has 0 spiro atoms. The molecule has 6 heteroatoms. The van der Waals surface area contributed by atoms with Crippen LogP contribution >= 0.6 is 11.6 Å². The number of halogens is 1. The molecule has 0 aliphatic rings. The smallest absolute Gasteiger partial charge is 0.337 e. The van der Waals surface area contributed by atoms with Crippen molar-refractivity contribution in [3.63, 3.8) is 0 Å². The molecular weight excluding hydrogens is 350 g/mol. The number of fused-ring (bicyclic) bond motifs is 1. The van der Waals surface area contributed by atoms with Crippen molar-refractivity contribution in [2.75, 3.05) is 5.32 Å². The molecular formula is C20H14ClN3O2. The lowest BCUT2D eigenvalue weighted by atomic mass is 10.1. The SMILES string of the molecule is O=C(O)c1cc(Cl)ccc1Nc1ccc2c(ccn2-c2ccccn2)c1. The number of carbonyl (C=O) groups is 1. The fourth-order valence-electron chi connectivity index (χ4n) is 2.87. The highest BCUT2D eigenvalue weighted by Crippen LogP contribution is 2.28. The summed E-state index contributed by atoms with van der Waals surface area (Å²) in [6.07, 6.45) is 3.72. The van der Waals surface area contributed by atoms with E-state index in [9.17, 15) is 9.90 Å². The summed E-state index contributed by atoms with van der Waals surface area (Å²) in [6.45, 7) is 0. The number of carboxylic acid groups (broad SMARTS) is 1. The Morgan fingerprint density at radius 1 is 1.08 bits per heavy atom. The van der Waals surface area contributed by atoms with Crippen LogP contribution in [0.5, 0.6) is 0 Å². The molecule has 4 aromatic rings. The summed E-state index contributed by atoms with van der Waals surface area (Å²) in [4.78, 5) is 15.8. The average molecular weight is 364 g/mol. The molecule has 0 amide bonds. The van der Waals surface area contributed by atoms with Crippen LogP contribution in [0.2, 0.25) is 5.02 Å². The first-order valence-corrected chi connectivity index (χ1v) is 8.32. The van der Waals surface area contributed by atoms with E-state index >= 15 is 0 Å². The molecule has 0 atom stereocenters. The fourth-order valence-corrected chi connectivity index (χ4v) is 3.05. The van der Waals surface area contributed by atoms with E-state index in [-0.39, 0.29) is 5.56 Å². The maximum absolute atomic E-state index is 11.4. The van der Waals surface area contributed by atoms with E-state index in [4.69, 9.17) is 11.6 Å². The standard InChI is InChI=1S/C20H14ClN3O2/c21-14-4-6-17(16(12-14)20(25)26)23-15-5-7-18-13(11-15)8-10-24(18)19-3-1-2-9-22-19/h1-12,23H,(H,25,26). The van der Waals surface area contributed by atoms with Crippen LogP contribution in [-0.4, -0.2) is 20.6 Å². The van der Waals surface area contributed by atoms with Gasteiger partial charge in [-0.2, -0.15) is 0 Å². The number of carboxylic acids is 1. The predicted molar refractivity (Wildman–Crippen MR) is 103 cm³/mol. The Kier molecular flexibility index (Phi) is 4.07. The third-order valence-corrected chi connectivity index (χ3v) is 4.31. The molecule has 0 bridgehead atoms. The van der Waals surface area contributed by atoms with Crippen molar-refractivity contribution in [2.45, 2.75) is 0 Å². The summed E-state index contributed by atoms with van der Waals surface area (Å²) in [5.74, 6) is -0.188. The Hall–Kier alpha value is -3.31. The van der Waals surface area contributed by atoms with E-state index in [0.717, 1.165) is 22.4 Å². The molecule has 0 fully saturated rings. The molecule has 5 nitrogen and oxygen atoms in total. The minimum absolute atomic E-state index is 0.128. The molecule has 2 heterocycles. The van der Waals surface area contributed by atoms with Crippen molar-refractivity contribution in [3.05, 3.63) is 83.6 Å². The van der Waals surface area contributed by atoms with Gasteiger partial charge in [-0.1, -0.05) is 17.7 Å². The van der Waals surface area contributed by atoms with Crippen molar-refractivity contribution in [1.82, 2.24) is 9.55 Å². The fraction of sp³-hybridized carbons (Fsp3) is 0. The van der Waals surface area contributed by atoms with Crippen molar-refractivity contribution in [1.29, 1.82) is 0 Å². The van der Waals surface area contributed by atoms with E-state index in [0.29, 0.717) is 10.7 Å². The zero-order valence-electron chi connectivity index (χ0n) is 13.6. The van der Waals surface area contributed by atoms with Crippen molar-refractivity contribution < 1.29 is 9.90 Å². The summed E-state index contributed by atoms with van der Waals surface area (Å²) in [5, 5.41) is 13.9. The number of aromatic nitrogens is 2. The minimum Gasteiger partial charge on any atom is -0.478 e. The molecule has 26 heavy (non-hydrogen) atoms. The number of benzene rings is 2. The largest absolute Gasteiger partial charge is 0.478 e. The summed E-state index contributed by atoms with van der Waals surface area (Å²) in [5.41, 5.74) is 2.43. The van der Waals surface area contributed by atoms with E-state index in [1.165, 1.54) is 6.07 Å². The maximum Gasteiger partial charge on any atom is 0.337 e. The highest BCUT2D eigenvalue weighted by Gasteiger charge is 2.12. The number of hydrogen-bond acceptors (Lipinski definition) is 3. The van der Waals surface area contributed by atoms with Crippen LogP contribution in [-0.2, 0) is 0 Å². The molecule has 0 aliphatic heterocycles. The van der Waals surface area contributed by atoms with Gasteiger partial charge in [0, 0.05) is 28.5 Å². The van der Waals surface area contributed by atoms with Gasteiger partial charge in [0.05, 0.1) is 16.8 Å². The Bertz CT molecular complexity index is 1110. The number of nitrogens with zero attached hydrogens (tertiary/aromatic N) is 2. The maximum atomic E-state index is 11.4. The molecule has 2 aromatic carbocycles. The van der Waals surface area contributed by atoms with E-state index in [1.807, 2.05) is 53.2 Å². The van der Waals surface area contributed by atoms with Gasteiger partial charge >= 0.3 is 5.97 Å². The zero-order chi connectivity index (χ0) is 18.1. The van der Waals surface area contributed by atoms with Gasteiger partial charge in [-0.25, -0.2) is 9.78 Å². The number of aromatic carboxylic acids is 1. The van der Waals surface area contributed by atoms with Gasteiger partial charge in [-0.15, -0.1) is 0 Å². The van der Waals surface area contributed by atoms with Gasteiger partial charge < -0.3 is 15.0 Å². The number of pyridine rings is 1. The van der Waals surface area contributed by atoms with Crippen LogP contribution in [0, 0.1) is 0 Å². The van der Waals surface area contributed by atoms with Gasteiger partial charge in [0.2, 0.25) is 0 Å². The monoisotopic (exact) mass is 363 g/mol. The first-order chi connectivity index (χ1) is 12.6. The van der Waals surface area contributed by atoms with Crippen molar-refractivity contribution >= 4 is 39.8 Å². The van der Waals surface area contributed by atoms with E-state index < -0.39 is 5.97 Å². The number of rotatable bonds is 4.